The fourth-order valence-corrected chi connectivity index (χ4v) is 5.28. The van der Waals surface area contributed by atoms with Crippen molar-refractivity contribution < 1.29 is 9.59 Å². The Hall–Kier alpha value is -3.86. The number of amides is 2. The molecule has 1 saturated carbocycles. The average Bonchev–Trinajstić information content (AvgIpc) is 3.54. The van der Waals surface area contributed by atoms with E-state index in [2.05, 4.69) is 76.6 Å². The highest BCUT2D eigenvalue weighted by molar-refractivity contribution is 6.04. The summed E-state index contributed by atoms with van der Waals surface area (Å²) in [6.45, 7) is 0.727. The first-order chi connectivity index (χ1) is 16.6. The summed E-state index contributed by atoms with van der Waals surface area (Å²) in [5.41, 5.74) is 7.39. The predicted molar refractivity (Wildman–Crippen MR) is 134 cm³/mol. The molecule has 3 aromatic carbocycles. The van der Waals surface area contributed by atoms with Gasteiger partial charge in [-0.1, -0.05) is 48.5 Å². The summed E-state index contributed by atoms with van der Waals surface area (Å²) in [4.78, 5) is 26.1. The molecule has 0 saturated heterocycles. The Kier molecular flexibility index (Phi) is 4.80. The lowest BCUT2D eigenvalue weighted by Crippen LogP contribution is -2.35. The van der Waals surface area contributed by atoms with E-state index in [0.717, 1.165) is 72.0 Å². The Bertz CT molecular complexity index is 1400. The van der Waals surface area contributed by atoms with Crippen LogP contribution in [-0.2, 0) is 17.6 Å². The van der Waals surface area contributed by atoms with Gasteiger partial charge in [-0.15, -0.1) is 0 Å². The van der Waals surface area contributed by atoms with E-state index in [-0.39, 0.29) is 11.4 Å². The molecule has 34 heavy (non-hydrogen) atoms. The third kappa shape index (κ3) is 3.39. The van der Waals surface area contributed by atoms with Crippen LogP contribution < -0.4 is 5.32 Å². The molecule has 1 N–H and O–H groups in total. The van der Waals surface area contributed by atoms with Crippen molar-refractivity contribution in [3.8, 4) is 16.8 Å². The highest BCUT2D eigenvalue weighted by Crippen LogP contribution is 2.39. The first-order valence-electron chi connectivity index (χ1n) is 11.9. The molecule has 2 aliphatic rings. The van der Waals surface area contributed by atoms with Crippen molar-refractivity contribution in [1.29, 1.82) is 0 Å². The van der Waals surface area contributed by atoms with Gasteiger partial charge in [-0.05, 0) is 72.2 Å². The maximum atomic E-state index is 13.3. The van der Waals surface area contributed by atoms with E-state index in [1.807, 2.05) is 18.0 Å². The van der Waals surface area contributed by atoms with Crippen molar-refractivity contribution in [2.45, 2.75) is 31.2 Å². The zero-order valence-electron chi connectivity index (χ0n) is 19.3. The van der Waals surface area contributed by atoms with Crippen LogP contribution in [0.25, 0.3) is 27.7 Å². The second-order valence-corrected chi connectivity index (χ2v) is 9.62. The number of hydrogen-bond acceptors (Lipinski definition) is 2. The van der Waals surface area contributed by atoms with E-state index < -0.39 is 0 Å². The lowest BCUT2D eigenvalue weighted by Gasteiger charge is -2.24. The number of fused-ring (bicyclic) bond motifs is 3. The van der Waals surface area contributed by atoms with Gasteiger partial charge in [-0.2, -0.15) is 0 Å². The van der Waals surface area contributed by atoms with Gasteiger partial charge in [0.1, 0.15) is 5.69 Å². The number of nitrogens with one attached hydrogen (secondary N) is 1. The Morgan fingerprint density at radius 3 is 2.44 bits per heavy atom. The highest BCUT2D eigenvalue weighted by atomic mass is 16.2. The smallest absolute Gasteiger partial charge is 0.270 e. The fourth-order valence-electron chi connectivity index (χ4n) is 5.28. The standard InChI is InChI=1S/C29H27N3O2/c1-31-16-13-24-25-17-22(21-5-3-2-4-6-21)9-12-26(25)32(27(24)28(31)34)23-10-7-20(8-11-23)18-29(14-15-29)30-19-33/h2-12,17,19H,13-16,18H2,1H3,(H,30,33). The second-order valence-electron chi connectivity index (χ2n) is 9.62. The molecule has 4 aromatic rings. The molecular formula is C29H27N3O2. The minimum absolute atomic E-state index is 0.0647. The van der Waals surface area contributed by atoms with Gasteiger partial charge >= 0.3 is 0 Å². The quantitative estimate of drug-likeness (QED) is 0.432. The number of aromatic nitrogens is 1. The second kappa shape index (κ2) is 7.87. The minimum atomic E-state index is -0.0743. The lowest BCUT2D eigenvalue weighted by atomic mass is 9.99. The van der Waals surface area contributed by atoms with Crippen LogP contribution in [-0.4, -0.2) is 40.9 Å². The first kappa shape index (κ1) is 20.7. The van der Waals surface area contributed by atoms with Gasteiger partial charge in [-0.25, -0.2) is 0 Å². The van der Waals surface area contributed by atoms with Crippen molar-refractivity contribution in [3.63, 3.8) is 0 Å². The molecule has 170 valence electrons. The summed E-state index contributed by atoms with van der Waals surface area (Å²) in [5.74, 6) is 0.0647. The van der Waals surface area contributed by atoms with Crippen LogP contribution in [0.2, 0.25) is 0 Å². The minimum Gasteiger partial charge on any atom is -0.353 e. The molecule has 5 nitrogen and oxygen atoms in total. The molecule has 6 rings (SSSR count). The van der Waals surface area contributed by atoms with Crippen molar-refractivity contribution in [2.24, 2.45) is 0 Å². The van der Waals surface area contributed by atoms with Gasteiger partial charge in [0.25, 0.3) is 5.91 Å². The maximum Gasteiger partial charge on any atom is 0.270 e. The monoisotopic (exact) mass is 449 g/mol. The van der Waals surface area contributed by atoms with Gasteiger partial charge < -0.3 is 14.8 Å². The molecular weight excluding hydrogens is 422 g/mol. The molecule has 0 radical (unpaired) electrons. The third-order valence-electron chi connectivity index (χ3n) is 7.38. The van der Waals surface area contributed by atoms with Gasteiger partial charge in [-0.3, -0.25) is 9.59 Å². The molecule has 1 aliphatic heterocycles. The van der Waals surface area contributed by atoms with Crippen LogP contribution in [0.3, 0.4) is 0 Å². The molecule has 2 amide bonds. The van der Waals surface area contributed by atoms with E-state index in [0.29, 0.717) is 0 Å². The van der Waals surface area contributed by atoms with E-state index in [1.165, 1.54) is 11.1 Å². The molecule has 1 fully saturated rings. The number of nitrogens with zero attached hydrogens (tertiary/aromatic N) is 2. The Morgan fingerprint density at radius 1 is 0.971 bits per heavy atom. The zero-order valence-corrected chi connectivity index (χ0v) is 19.3. The number of hydrogen-bond donors (Lipinski definition) is 1. The number of benzene rings is 3. The lowest BCUT2D eigenvalue weighted by molar-refractivity contribution is -0.110. The summed E-state index contributed by atoms with van der Waals surface area (Å²) in [6, 6.07) is 25.3. The normalized spacial score (nSPS) is 16.4. The largest absolute Gasteiger partial charge is 0.353 e. The summed E-state index contributed by atoms with van der Waals surface area (Å²) >= 11 is 0. The maximum absolute atomic E-state index is 13.3. The van der Waals surface area contributed by atoms with Crippen molar-refractivity contribution in [2.75, 3.05) is 13.6 Å². The highest BCUT2D eigenvalue weighted by Gasteiger charge is 2.42. The number of likely N-dealkylation sites (N-methyl/N-ethyl adjacent to an activating group) is 1. The van der Waals surface area contributed by atoms with Crippen molar-refractivity contribution in [1.82, 2.24) is 14.8 Å². The number of rotatable bonds is 6. The Balaban J connectivity index is 1.46. The molecule has 1 aromatic heterocycles. The summed E-state index contributed by atoms with van der Waals surface area (Å²) < 4.78 is 2.12. The van der Waals surface area contributed by atoms with Gasteiger partial charge in [0.15, 0.2) is 0 Å². The van der Waals surface area contributed by atoms with Crippen LogP contribution in [0.15, 0.2) is 72.8 Å². The van der Waals surface area contributed by atoms with Gasteiger partial charge in [0, 0.05) is 30.2 Å². The van der Waals surface area contributed by atoms with E-state index >= 15 is 0 Å². The topological polar surface area (TPSA) is 54.3 Å². The zero-order chi connectivity index (χ0) is 23.3. The molecule has 0 bridgehead atoms. The van der Waals surface area contributed by atoms with Gasteiger partial charge in [0.05, 0.1) is 5.52 Å². The average molecular weight is 450 g/mol. The Morgan fingerprint density at radius 2 is 1.74 bits per heavy atom. The molecule has 2 heterocycles. The van der Waals surface area contributed by atoms with Crippen LogP contribution >= 0.6 is 0 Å². The Labute approximate surface area is 199 Å². The molecule has 0 atom stereocenters. The molecule has 0 unspecified atom stereocenters. The molecule has 1 aliphatic carbocycles. The van der Waals surface area contributed by atoms with Crippen molar-refractivity contribution >= 4 is 23.2 Å². The summed E-state index contributed by atoms with van der Waals surface area (Å²) in [6.07, 6.45) is 4.53. The fraction of sp³-hybridized carbons (Fsp3) is 0.241. The van der Waals surface area contributed by atoms with Crippen molar-refractivity contribution in [3.05, 3.63) is 89.6 Å². The van der Waals surface area contributed by atoms with Crippen LogP contribution in [0.5, 0.6) is 0 Å². The predicted octanol–water partition coefficient (Wildman–Crippen LogP) is 4.75. The van der Waals surface area contributed by atoms with Gasteiger partial charge in [0.2, 0.25) is 6.41 Å². The SMILES string of the molecule is CN1CCc2c(n(-c3ccc(CC4(NC=O)CC4)cc3)c3ccc(-c4ccccc4)cc23)C1=O. The number of carbonyl (C=O) groups excluding carboxylic acids is 2. The van der Waals surface area contributed by atoms with E-state index in [1.54, 1.807) is 0 Å². The summed E-state index contributed by atoms with van der Waals surface area (Å²) in [7, 11) is 1.88. The van der Waals surface area contributed by atoms with Crippen LogP contribution in [0.1, 0.15) is 34.5 Å². The number of carbonyl (C=O) groups is 2. The molecule has 5 heteroatoms. The van der Waals surface area contributed by atoms with Crippen LogP contribution in [0, 0.1) is 0 Å². The van der Waals surface area contributed by atoms with E-state index in [9.17, 15) is 9.59 Å². The third-order valence-corrected chi connectivity index (χ3v) is 7.38. The first-order valence-corrected chi connectivity index (χ1v) is 11.9. The molecule has 0 spiro atoms. The van der Waals surface area contributed by atoms with Crippen LogP contribution in [0.4, 0.5) is 0 Å². The summed E-state index contributed by atoms with van der Waals surface area (Å²) in [5, 5.41) is 4.13. The van der Waals surface area contributed by atoms with E-state index in [4.69, 9.17) is 0 Å².